The van der Waals surface area contributed by atoms with E-state index in [9.17, 15) is 0 Å². The first-order valence-electron chi connectivity index (χ1n) is 9.75. The third-order valence-corrected chi connectivity index (χ3v) is 6.25. The van der Waals surface area contributed by atoms with Crippen LogP contribution in [0.25, 0.3) is 0 Å². The standard InChI is InChI=1S/C22H30N2O3S/c1-25-20-14-22(27-3)21(26-2)13-18(20)16-24-11-9-23(10-12-24)15-17-5-7-19(28-4)8-6-17/h5-8,13-14H,9-12,15-16H2,1-4H3/p+2. The van der Waals surface area contributed by atoms with Crippen molar-refractivity contribution in [1.82, 2.24) is 0 Å². The predicted octanol–water partition coefficient (Wildman–Crippen LogP) is 0.918. The lowest BCUT2D eigenvalue weighted by atomic mass is 10.1. The molecule has 152 valence electrons. The highest BCUT2D eigenvalue weighted by molar-refractivity contribution is 7.98. The number of nitrogens with one attached hydrogen (secondary N) is 2. The molecule has 2 N–H and O–H groups in total. The van der Waals surface area contributed by atoms with E-state index in [2.05, 4.69) is 36.6 Å². The van der Waals surface area contributed by atoms with Gasteiger partial charge in [0.1, 0.15) is 45.0 Å². The van der Waals surface area contributed by atoms with Crippen molar-refractivity contribution in [2.75, 3.05) is 53.8 Å². The molecular weight excluding hydrogens is 372 g/mol. The Hall–Kier alpha value is -1.89. The van der Waals surface area contributed by atoms with Gasteiger partial charge in [0.2, 0.25) is 0 Å². The van der Waals surface area contributed by atoms with Crippen LogP contribution in [0.3, 0.4) is 0 Å². The quantitative estimate of drug-likeness (QED) is 0.642. The van der Waals surface area contributed by atoms with Crippen molar-refractivity contribution < 1.29 is 24.0 Å². The van der Waals surface area contributed by atoms with E-state index in [-0.39, 0.29) is 0 Å². The Morgan fingerprint density at radius 3 is 1.82 bits per heavy atom. The first-order chi connectivity index (χ1) is 13.7. The second-order valence-corrected chi connectivity index (χ2v) is 8.10. The number of piperazine rings is 1. The van der Waals surface area contributed by atoms with Crippen LogP contribution in [-0.2, 0) is 13.1 Å². The number of quaternary nitrogens is 2. The number of hydrogen-bond donors (Lipinski definition) is 2. The summed E-state index contributed by atoms with van der Waals surface area (Å²) >= 11 is 1.80. The van der Waals surface area contributed by atoms with Gasteiger partial charge in [-0.2, -0.15) is 0 Å². The van der Waals surface area contributed by atoms with E-state index in [1.54, 1.807) is 42.9 Å². The van der Waals surface area contributed by atoms with Gasteiger partial charge in [0.05, 0.1) is 26.9 Å². The SMILES string of the molecule is COc1cc(OC)c(OC)cc1C[NH+]1CC[NH+](Cc2ccc(SC)cc2)CC1. The molecule has 0 atom stereocenters. The third kappa shape index (κ3) is 5.13. The van der Waals surface area contributed by atoms with E-state index < -0.39 is 0 Å². The van der Waals surface area contributed by atoms with Crippen molar-refractivity contribution >= 4 is 11.8 Å². The fourth-order valence-corrected chi connectivity index (χ4v) is 4.25. The van der Waals surface area contributed by atoms with Crippen molar-refractivity contribution in [1.29, 1.82) is 0 Å². The molecule has 1 fully saturated rings. The van der Waals surface area contributed by atoms with E-state index in [1.165, 1.54) is 29.1 Å². The molecule has 3 rings (SSSR count). The minimum Gasteiger partial charge on any atom is -0.496 e. The second-order valence-electron chi connectivity index (χ2n) is 7.22. The first-order valence-corrected chi connectivity index (χ1v) is 11.0. The zero-order valence-electron chi connectivity index (χ0n) is 17.3. The molecule has 1 aliphatic heterocycles. The van der Waals surface area contributed by atoms with Crippen molar-refractivity contribution in [2.24, 2.45) is 0 Å². The van der Waals surface area contributed by atoms with E-state index in [4.69, 9.17) is 14.2 Å². The van der Waals surface area contributed by atoms with Crippen molar-refractivity contribution in [2.45, 2.75) is 18.0 Å². The number of thioether (sulfide) groups is 1. The summed E-state index contributed by atoms with van der Waals surface area (Å²) in [6.07, 6.45) is 2.12. The summed E-state index contributed by atoms with van der Waals surface area (Å²) in [5.74, 6) is 2.34. The van der Waals surface area contributed by atoms with Crippen LogP contribution in [0.1, 0.15) is 11.1 Å². The molecule has 0 spiro atoms. The van der Waals surface area contributed by atoms with Gasteiger partial charge in [0.25, 0.3) is 0 Å². The van der Waals surface area contributed by atoms with E-state index in [1.807, 2.05) is 6.07 Å². The molecule has 1 heterocycles. The molecule has 2 aromatic rings. The zero-order valence-corrected chi connectivity index (χ0v) is 18.2. The molecule has 0 saturated carbocycles. The molecule has 0 aliphatic carbocycles. The molecule has 6 heteroatoms. The second kappa shape index (κ2) is 10.0. The fraction of sp³-hybridized carbons (Fsp3) is 0.455. The Morgan fingerprint density at radius 2 is 1.29 bits per heavy atom. The van der Waals surface area contributed by atoms with Gasteiger partial charge >= 0.3 is 0 Å². The molecular formula is C22H32N2O3S+2. The summed E-state index contributed by atoms with van der Waals surface area (Å²) in [7, 11) is 5.04. The maximum Gasteiger partial charge on any atom is 0.164 e. The smallest absolute Gasteiger partial charge is 0.164 e. The minimum atomic E-state index is 0.708. The summed E-state index contributed by atoms with van der Waals surface area (Å²) in [5, 5.41) is 0. The van der Waals surface area contributed by atoms with Crippen LogP contribution in [0, 0.1) is 0 Å². The lowest BCUT2D eigenvalue weighted by Gasteiger charge is -2.30. The average molecular weight is 405 g/mol. The van der Waals surface area contributed by atoms with Crippen molar-refractivity contribution in [3.8, 4) is 17.2 Å². The van der Waals surface area contributed by atoms with Crippen LogP contribution in [0.5, 0.6) is 17.2 Å². The van der Waals surface area contributed by atoms with Crippen LogP contribution >= 0.6 is 11.8 Å². The van der Waals surface area contributed by atoms with Crippen LogP contribution in [0.4, 0.5) is 0 Å². The highest BCUT2D eigenvalue weighted by Gasteiger charge is 2.25. The highest BCUT2D eigenvalue weighted by atomic mass is 32.2. The molecule has 0 radical (unpaired) electrons. The Bertz CT molecular complexity index is 759. The van der Waals surface area contributed by atoms with Gasteiger partial charge in [-0.05, 0) is 24.5 Å². The maximum absolute atomic E-state index is 5.59. The number of hydrogen-bond acceptors (Lipinski definition) is 4. The fourth-order valence-electron chi connectivity index (χ4n) is 3.84. The number of methoxy groups -OCH3 is 3. The molecule has 2 aromatic carbocycles. The van der Waals surface area contributed by atoms with Crippen molar-refractivity contribution in [3.05, 3.63) is 47.5 Å². The number of benzene rings is 2. The molecule has 0 unspecified atom stereocenters. The lowest BCUT2D eigenvalue weighted by Crippen LogP contribution is -3.27. The molecule has 1 aliphatic rings. The molecule has 28 heavy (non-hydrogen) atoms. The topological polar surface area (TPSA) is 36.6 Å². The number of rotatable bonds is 8. The molecule has 0 aromatic heterocycles. The van der Waals surface area contributed by atoms with Gasteiger partial charge < -0.3 is 24.0 Å². The molecule has 0 amide bonds. The summed E-state index contributed by atoms with van der Waals surface area (Å²) in [4.78, 5) is 4.59. The zero-order chi connectivity index (χ0) is 19.9. The highest BCUT2D eigenvalue weighted by Crippen LogP contribution is 2.34. The molecule has 5 nitrogen and oxygen atoms in total. The van der Waals surface area contributed by atoms with Gasteiger partial charge in [-0.25, -0.2) is 0 Å². The summed E-state index contributed by atoms with van der Waals surface area (Å²) in [6.45, 7) is 6.76. The first kappa shape index (κ1) is 20.8. The average Bonchev–Trinajstić information content (AvgIpc) is 2.75. The van der Waals surface area contributed by atoms with Crippen molar-refractivity contribution in [3.63, 3.8) is 0 Å². The largest absolute Gasteiger partial charge is 0.496 e. The lowest BCUT2D eigenvalue weighted by molar-refractivity contribution is -1.02. The summed E-state index contributed by atoms with van der Waals surface area (Å²) < 4.78 is 16.5. The van der Waals surface area contributed by atoms with Gasteiger partial charge in [-0.15, -0.1) is 11.8 Å². The Kier molecular flexibility index (Phi) is 7.48. The minimum absolute atomic E-state index is 0.708. The Morgan fingerprint density at radius 1 is 0.750 bits per heavy atom. The summed E-state index contributed by atoms with van der Waals surface area (Å²) in [5.41, 5.74) is 2.60. The predicted molar refractivity (Wildman–Crippen MR) is 113 cm³/mol. The van der Waals surface area contributed by atoms with Gasteiger partial charge in [0, 0.05) is 16.5 Å². The van der Waals surface area contributed by atoms with Crippen LogP contribution < -0.4 is 24.0 Å². The van der Waals surface area contributed by atoms with Crippen LogP contribution in [0.15, 0.2) is 41.3 Å². The monoisotopic (exact) mass is 404 g/mol. The van der Waals surface area contributed by atoms with Crippen LogP contribution in [0.2, 0.25) is 0 Å². The Labute approximate surface area is 172 Å². The van der Waals surface area contributed by atoms with Gasteiger partial charge in [-0.1, -0.05) is 12.1 Å². The molecule has 1 saturated heterocycles. The third-order valence-electron chi connectivity index (χ3n) is 5.50. The maximum atomic E-state index is 5.59. The van der Waals surface area contributed by atoms with E-state index >= 15 is 0 Å². The summed E-state index contributed by atoms with van der Waals surface area (Å²) in [6, 6.07) is 13.0. The van der Waals surface area contributed by atoms with Crippen LogP contribution in [-0.4, -0.2) is 53.8 Å². The van der Waals surface area contributed by atoms with Gasteiger partial charge in [0.15, 0.2) is 11.5 Å². The van der Waals surface area contributed by atoms with E-state index in [0.717, 1.165) is 37.7 Å². The number of ether oxygens (including phenoxy) is 3. The van der Waals surface area contributed by atoms with Gasteiger partial charge in [-0.3, -0.25) is 0 Å². The normalized spacial score (nSPS) is 19.3. The molecule has 0 bridgehead atoms. The Balaban J connectivity index is 1.57. The van der Waals surface area contributed by atoms with E-state index in [0.29, 0.717) is 5.75 Å².